The van der Waals surface area contributed by atoms with E-state index in [1.807, 2.05) is 12.1 Å². The molecule has 1 saturated carbocycles. The topological polar surface area (TPSA) is 51.7 Å². The van der Waals surface area contributed by atoms with Crippen LogP contribution in [0.3, 0.4) is 0 Å². The summed E-state index contributed by atoms with van der Waals surface area (Å²) in [6, 6.07) is 13.0. The zero-order valence-electron chi connectivity index (χ0n) is 19.9. The first-order valence-corrected chi connectivity index (χ1v) is 12.6. The number of likely N-dealkylation sites (tertiary alicyclic amines) is 1. The van der Waals surface area contributed by atoms with Crippen LogP contribution in [0.25, 0.3) is 10.9 Å². The van der Waals surface area contributed by atoms with Crippen LogP contribution in [0.5, 0.6) is 5.75 Å². The van der Waals surface area contributed by atoms with Gasteiger partial charge in [0, 0.05) is 47.7 Å². The Hall–Kier alpha value is -2.41. The minimum atomic E-state index is -0.212. The molecule has 0 radical (unpaired) electrons. The normalized spacial score (nSPS) is 22.9. The summed E-state index contributed by atoms with van der Waals surface area (Å²) >= 11 is 0. The van der Waals surface area contributed by atoms with Crippen molar-refractivity contribution in [3.63, 3.8) is 0 Å². The molecule has 5 nitrogen and oxygen atoms in total. The Balaban J connectivity index is 1.41. The number of aliphatic hydroxyl groups is 1. The molecule has 2 fully saturated rings. The molecule has 0 bridgehead atoms. The molecule has 6 rings (SSSR count). The van der Waals surface area contributed by atoms with E-state index in [9.17, 15) is 9.50 Å². The third-order valence-corrected chi connectivity index (χ3v) is 8.32. The van der Waals surface area contributed by atoms with Gasteiger partial charge < -0.3 is 19.7 Å². The highest BCUT2D eigenvalue weighted by atomic mass is 19.1. The second-order valence-corrected chi connectivity index (χ2v) is 10.6. The maximum absolute atomic E-state index is 14.0. The summed E-state index contributed by atoms with van der Waals surface area (Å²) in [4.78, 5) is 8.68. The van der Waals surface area contributed by atoms with Crippen LogP contribution in [-0.2, 0) is 12.0 Å². The Morgan fingerprint density at radius 3 is 2.68 bits per heavy atom. The van der Waals surface area contributed by atoms with Crippen LogP contribution in [0.15, 0.2) is 42.5 Å². The summed E-state index contributed by atoms with van der Waals surface area (Å²) in [5.74, 6) is 1.52. The van der Waals surface area contributed by atoms with Crippen molar-refractivity contribution < 1.29 is 14.2 Å². The first-order chi connectivity index (χ1) is 16.6. The lowest BCUT2D eigenvalue weighted by atomic mass is 9.68. The van der Waals surface area contributed by atoms with Gasteiger partial charge in [-0.3, -0.25) is 4.90 Å². The van der Waals surface area contributed by atoms with Gasteiger partial charge in [0.2, 0.25) is 0 Å². The van der Waals surface area contributed by atoms with Crippen molar-refractivity contribution in [3.05, 3.63) is 65.1 Å². The number of benzene rings is 2. The SMILES string of the molecule is COc1ccc2c3c([nH]c2c1)[C@H](CO)N(Cc1cccc(F)c1)CC31CCN(CC2CC2)CC1. The molecule has 0 amide bonds. The number of hydrogen-bond acceptors (Lipinski definition) is 4. The lowest BCUT2D eigenvalue weighted by Crippen LogP contribution is -2.53. The predicted molar refractivity (Wildman–Crippen MR) is 132 cm³/mol. The molecule has 3 heterocycles. The average molecular weight is 464 g/mol. The summed E-state index contributed by atoms with van der Waals surface area (Å²) in [6.45, 7) is 4.97. The third kappa shape index (κ3) is 3.92. The molecular weight excluding hydrogens is 429 g/mol. The van der Waals surface area contributed by atoms with Crippen molar-refractivity contribution in [2.24, 2.45) is 5.92 Å². The van der Waals surface area contributed by atoms with Crippen LogP contribution in [-0.4, -0.2) is 59.8 Å². The number of fused-ring (bicyclic) bond motifs is 4. The van der Waals surface area contributed by atoms with Crippen molar-refractivity contribution in [2.75, 3.05) is 39.9 Å². The van der Waals surface area contributed by atoms with Gasteiger partial charge in [-0.1, -0.05) is 12.1 Å². The number of halogens is 1. The molecule has 0 unspecified atom stereocenters. The van der Waals surface area contributed by atoms with Gasteiger partial charge in [0.25, 0.3) is 0 Å². The minimum Gasteiger partial charge on any atom is -0.497 e. The second kappa shape index (κ2) is 8.67. The van der Waals surface area contributed by atoms with Crippen molar-refractivity contribution in [2.45, 2.75) is 43.7 Å². The summed E-state index contributed by atoms with van der Waals surface area (Å²) in [6.07, 6.45) is 4.97. The summed E-state index contributed by atoms with van der Waals surface area (Å²) in [5, 5.41) is 11.8. The zero-order chi connectivity index (χ0) is 23.3. The Morgan fingerprint density at radius 1 is 1.15 bits per heavy atom. The lowest BCUT2D eigenvalue weighted by molar-refractivity contribution is 0.0425. The number of ether oxygens (including phenoxy) is 1. The summed E-state index contributed by atoms with van der Waals surface area (Å²) in [5.41, 5.74) is 4.52. The smallest absolute Gasteiger partial charge is 0.123 e. The number of piperidine rings is 1. The van der Waals surface area contributed by atoms with Gasteiger partial charge in [-0.05, 0) is 80.1 Å². The van der Waals surface area contributed by atoms with Crippen LogP contribution in [0.4, 0.5) is 4.39 Å². The van der Waals surface area contributed by atoms with Gasteiger partial charge in [-0.25, -0.2) is 4.39 Å². The molecular formula is C28H34FN3O2. The number of hydrogen-bond donors (Lipinski definition) is 2. The largest absolute Gasteiger partial charge is 0.497 e. The molecule has 34 heavy (non-hydrogen) atoms. The van der Waals surface area contributed by atoms with Crippen LogP contribution in [0, 0.1) is 11.7 Å². The van der Waals surface area contributed by atoms with Crippen molar-refractivity contribution in [1.29, 1.82) is 0 Å². The number of aromatic amines is 1. The van der Waals surface area contributed by atoms with Crippen LogP contribution in [0.2, 0.25) is 0 Å². The van der Waals surface area contributed by atoms with Crippen LogP contribution in [0.1, 0.15) is 48.5 Å². The molecule has 180 valence electrons. The zero-order valence-corrected chi connectivity index (χ0v) is 19.9. The molecule has 2 aliphatic heterocycles. The Kier molecular flexibility index (Phi) is 5.63. The first-order valence-electron chi connectivity index (χ1n) is 12.6. The van der Waals surface area contributed by atoms with E-state index >= 15 is 0 Å². The number of aliphatic hydroxyl groups excluding tert-OH is 1. The number of nitrogens with one attached hydrogen (secondary N) is 1. The van der Waals surface area contributed by atoms with E-state index in [1.54, 1.807) is 19.2 Å². The highest BCUT2D eigenvalue weighted by Crippen LogP contribution is 2.49. The first kappa shape index (κ1) is 22.1. The fraction of sp³-hybridized carbons (Fsp3) is 0.500. The summed E-state index contributed by atoms with van der Waals surface area (Å²) < 4.78 is 19.5. The van der Waals surface area contributed by atoms with Crippen LogP contribution < -0.4 is 4.74 Å². The Bertz CT molecular complexity index is 1180. The van der Waals surface area contributed by atoms with Crippen molar-refractivity contribution in [3.8, 4) is 5.75 Å². The van der Waals surface area contributed by atoms with E-state index in [0.29, 0.717) is 6.54 Å². The predicted octanol–water partition coefficient (Wildman–Crippen LogP) is 4.61. The number of H-pyrrole nitrogens is 1. The standard InChI is InChI=1S/C28H34FN3O2/c1-34-22-7-8-23-24(14-22)30-27-25(17-33)32(16-20-3-2-4-21(29)13-20)18-28(26(23)27)9-11-31(12-10-28)15-19-5-6-19/h2-4,7-8,13-14,19,25,30,33H,5-6,9-12,15-18H2,1H3/t25-/m0/s1. The number of nitrogens with zero attached hydrogens (tertiary/aromatic N) is 2. The van der Waals surface area contributed by atoms with E-state index < -0.39 is 0 Å². The quantitative estimate of drug-likeness (QED) is 0.561. The highest BCUT2D eigenvalue weighted by molar-refractivity contribution is 5.87. The van der Waals surface area contributed by atoms with Gasteiger partial charge >= 0.3 is 0 Å². The Morgan fingerprint density at radius 2 is 1.97 bits per heavy atom. The molecule has 6 heteroatoms. The monoisotopic (exact) mass is 463 g/mol. The molecule has 2 aromatic carbocycles. The minimum absolute atomic E-state index is 0.0151. The van der Waals surface area contributed by atoms with E-state index in [0.717, 1.165) is 60.9 Å². The number of aromatic nitrogens is 1. The van der Waals surface area contributed by atoms with Crippen molar-refractivity contribution in [1.82, 2.24) is 14.8 Å². The molecule has 1 saturated heterocycles. The molecule has 1 spiro atoms. The number of methoxy groups -OCH3 is 1. The van der Waals surface area contributed by atoms with Crippen molar-refractivity contribution >= 4 is 10.9 Å². The lowest BCUT2D eigenvalue weighted by Gasteiger charge is -2.50. The summed E-state index contributed by atoms with van der Waals surface area (Å²) in [7, 11) is 1.69. The van der Waals surface area contributed by atoms with Crippen LogP contribution >= 0.6 is 0 Å². The maximum Gasteiger partial charge on any atom is 0.123 e. The van der Waals surface area contributed by atoms with Gasteiger partial charge in [-0.15, -0.1) is 0 Å². The number of rotatable bonds is 6. The molecule has 3 aliphatic rings. The van der Waals surface area contributed by atoms with Gasteiger partial charge in [0.05, 0.1) is 19.8 Å². The third-order valence-electron chi connectivity index (χ3n) is 8.32. The Labute approximate surface area is 200 Å². The average Bonchev–Trinajstić information content (AvgIpc) is 3.57. The molecule has 1 aromatic heterocycles. The molecule has 3 aromatic rings. The van der Waals surface area contributed by atoms with Gasteiger partial charge in [0.15, 0.2) is 0 Å². The highest BCUT2D eigenvalue weighted by Gasteiger charge is 2.47. The fourth-order valence-electron chi connectivity index (χ4n) is 6.39. The van der Waals surface area contributed by atoms with E-state index in [2.05, 4.69) is 26.9 Å². The molecule has 1 atom stereocenters. The molecule has 2 N–H and O–H groups in total. The fourth-order valence-corrected chi connectivity index (χ4v) is 6.39. The maximum atomic E-state index is 14.0. The molecule has 1 aliphatic carbocycles. The van der Waals surface area contributed by atoms with E-state index in [1.165, 1.54) is 36.4 Å². The van der Waals surface area contributed by atoms with Gasteiger partial charge in [-0.2, -0.15) is 0 Å². The second-order valence-electron chi connectivity index (χ2n) is 10.6. The van der Waals surface area contributed by atoms with E-state index in [-0.39, 0.29) is 23.9 Å². The van der Waals surface area contributed by atoms with E-state index in [4.69, 9.17) is 4.74 Å². The van der Waals surface area contributed by atoms with Gasteiger partial charge in [0.1, 0.15) is 11.6 Å².